The summed E-state index contributed by atoms with van der Waals surface area (Å²) < 4.78 is 19.0. The molecule has 1 aromatic heterocycles. The van der Waals surface area contributed by atoms with E-state index in [2.05, 4.69) is 15.0 Å². The summed E-state index contributed by atoms with van der Waals surface area (Å²) in [6.45, 7) is 8.88. The van der Waals surface area contributed by atoms with E-state index in [4.69, 9.17) is 4.74 Å². The van der Waals surface area contributed by atoms with Gasteiger partial charge in [-0.05, 0) is 76.1 Å². The van der Waals surface area contributed by atoms with E-state index in [9.17, 15) is 14.3 Å². The number of aliphatic hydroxyl groups is 1. The van der Waals surface area contributed by atoms with Crippen LogP contribution in [0.15, 0.2) is 77.2 Å². The van der Waals surface area contributed by atoms with Crippen molar-refractivity contribution < 1.29 is 19.0 Å². The van der Waals surface area contributed by atoms with Crippen LogP contribution in [0.5, 0.6) is 0 Å². The van der Waals surface area contributed by atoms with Crippen molar-refractivity contribution in [3.05, 3.63) is 89.5 Å². The Morgan fingerprint density at radius 2 is 1.86 bits per heavy atom. The predicted octanol–water partition coefficient (Wildman–Crippen LogP) is 5.36. The lowest BCUT2D eigenvalue weighted by Gasteiger charge is -2.19. The number of amides is 1. The summed E-state index contributed by atoms with van der Waals surface area (Å²) in [6.07, 6.45) is 2.27. The minimum atomic E-state index is -1.18. The molecule has 2 aromatic carbocycles. The number of aliphatic imine (C=N–C) groups is 1. The number of carbonyl (C=O) groups is 1. The van der Waals surface area contributed by atoms with Crippen molar-refractivity contribution in [3.8, 4) is 11.3 Å². The Kier molecular flexibility index (Phi) is 8.09. The Bertz CT molecular complexity index is 1240. The first-order chi connectivity index (χ1) is 16.6. The van der Waals surface area contributed by atoms with E-state index >= 15 is 0 Å². The minimum absolute atomic E-state index is 0.214. The van der Waals surface area contributed by atoms with Crippen LogP contribution in [0.4, 0.5) is 10.1 Å². The number of aromatic nitrogens is 2. The lowest BCUT2D eigenvalue weighted by molar-refractivity contribution is -0.106. The van der Waals surface area contributed by atoms with Crippen LogP contribution >= 0.6 is 0 Å². The van der Waals surface area contributed by atoms with Crippen LogP contribution < -0.4 is 4.90 Å². The van der Waals surface area contributed by atoms with Gasteiger partial charge in [0.25, 0.3) is 0 Å². The molecule has 7 nitrogen and oxygen atoms in total. The summed E-state index contributed by atoms with van der Waals surface area (Å²) in [5.41, 5.74) is 2.41. The molecule has 0 aliphatic rings. The SMILES string of the molecule is CC(C)=C(/N=C(/C)N(C=O)c1cccc(-c2ccnc(C(C)(C)O)n2)c1)OCc1ccc(F)cc1. The molecular weight excluding hydrogens is 447 g/mol. The van der Waals surface area contributed by atoms with Crippen LogP contribution in [0.25, 0.3) is 11.3 Å². The van der Waals surface area contributed by atoms with Gasteiger partial charge in [0.2, 0.25) is 12.3 Å². The van der Waals surface area contributed by atoms with E-state index < -0.39 is 5.60 Å². The van der Waals surface area contributed by atoms with Crippen LogP contribution in [0.3, 0.4) is 0 Å². The van der Waals surface area contributed by atoms with Gasteiger partial charge in [0.15, 0.2) is 5.82 Å². The van der Waals surface area contributed by atoms with E-state index in [1.54, 1.807) is 51.2 Å². The van der Waals surface area contributed by atoms with Gasteiger partial charge in [0.1, 0.15) is 23.9 Å². The molecule has 3 aromatic rings. The van der Waals surface area contributed by atoms with Gasteiger partial charge in [-0.3, -0.25) is 9.69 Å². The Balaban J connectivity index is 1.86. The zero-order valence-corrected chi connectivity index (χ0v) is 20.5. The maximum absolute atomic E-state index is 13.2. The summed E-state index contributed by atoms with van der Waals surface area (Å²) in [6, 6.07) is 15.1. The van der Waals surface area contributed by atoms with Gasteiger partial charge in [-0.1, -0.05) is 24.3 Å². The van der Waals surface area contributed by atoms with Crippen LogP contribution in [0.2, 0.25) is 0 Å². The van der Waals surface area contributed by atoms with E-state index in [0.717, 1.165) is 16.7 Å². The topological polar surface area (TPSA) is 87.9 Å². The molecule has 35 heavy (non-hydrogen) atoms. The lowest BCUT2D eigenvalue weighted by atomic mass is 10.1. The number of rotatable bonds is 8. The van der Waals surface area contributed by atoms with E-state index in [1.807, 2.05) is 32.0 Å². The lowest BCUT2D eigenvalue weighted by Crippen LogP contribution is -2.27. The molecule has 1 amide bonds. The van der Waals surface area contributed by atoms with Gasteiger partial charge in [0, 0.05) is 11.8 Å². The highest BCUT2D eigenvalue weighted by Gasteiger charge is 2.20. The summed E-state index contributed by atoms with van der Waals surface area (Å²) in [7, 11) is 0. The van der Waals surface area contributed by atoms with Crippen LogP contribution in [0.1, 0.15) is 46.0 Å². The number of amidine groups is 1. The molecule has 8 heteroatoms. The third-order valence-corrected chi connectivity index (χ3v) is 5.06. The maximum atomic E-state index is 13.2. The first-order valence-electron chi connectivity index (χ1n) is 11.1. The molecule has 1 heterocycles. The Hall–Kier alpha value is -3.91. The van der Waals surface area contributed by atoms with E-state index in [0.29, 0.717) is 35.3 Å². The molecule has 0 fully saturated rings. The van der Waals surface area contributed by atoms with Gasteiger partial charge in [-0.25, -0.2) is 19.4 Å². The number of halogens is 1. The normalized spacial score (nSPS) is 11.7. The first kappa shape index (κ1) is 25.7. The zero-order valence-electron chi connectivity index (χ0n) is 20.5. The number of hydrogen-bond acceptors (Lipinski definition) is 6. The van der Waals surface area contributed by atoms with E-state index in [-0.39, 0.29) is 12.4 Å². The van der Waals surface area contributed by atoms with Crippen molar-refractivity contribution in [2.45, 2.75) is 46.8 Å². The number of anilines is 1. The third kappa shape index (κ3) is 6.80. The molecule has 0 aliphatic heterocycles. The molecule has 0 spiro atoms. The highest BCUT2D eigenvalue weighted by molar-refractivity contribution is 6.09. The average Bonchev–Trinajstić information content (AvgIpc) is 2.83. The fraction of sp³-hybridized carbons (Fsp3) is 0.259. The van der Waals surface area contributed by atoms with Crippen LogP contribution in [-0.2, 0) is 21.7 Å². The molecule has 0 saturated heterocycles. The Morgan fingerprint density at radius 1 is 1.14 bits per heavy atom. The fourth-order valence-corrected chi connectivity index (χ4v) is 3.17. The number of allylic oxidation sites excluding steroid dienone is 1. The van der Waals surface area contributed by atoms with Crippen molar-refractivity contribution in [2.75, 3.05) is 4.90 Å². The summed E-state index contributed by atoms with van der Waals surface area (Å²) in [4.78, 5) is 26.6. The van der Waals surface area contributed by atoms with Crippen LogP contribution in [0, 0.1) is 5.82 Å². The van der Waals surface area contributed by atoms with Crippen molar-refractivity contribution >= 4 is 17.9 Å². The van der Waals surface area contributed by atoms with Gasteiger partial charge in [-0.2, -0.15) is 0 Å². The van der Waals surface area contributed by atoms with Crippen molar-refractivity contribution in [1.29, 1.82) is 0 Å². The number of nitrogens with zero attached hydrogens (tertiary/aromatic N) is 4. The second-order valence-corrected chi connectivity index (χ2v) is 8.73. The molecule has 0 atom stereocenters. The highest BCUT2D eigenvalue weighted by atomic mass is 19.1. The molecule has 0 unspecified atom stereocenters. The van der Waals surface area contributed by atoms with Gasteiger partial charge in [0.05, 0.1) is 11.4 Å². The average molecular weight is 477 g/mol. The number of hydrogen-bond donors (Lipinski definition) is 1. The molecule has 0 radical (unpaired) electrons. The number of carbonyl (C=O) groups excluding carboxylic acids is 1. The number of benzene rings is 2. The van der Waals surface area contributed by atoms with Crippen molar-refractivity contribution in [3.63, 3.8) is 0 Å². The molecule has 0 aliphatic carbocycles. The quantitative estimate of drug-likeness (QED) is 0.205. The number of ether oxygens (including phenoxy) is 1. The molecule has 0 bridgehead atoms. The smallest absolute Gasteiger partial charge is 0.219 e. The van der Waals surface area contributed by atoms with Crippen molar-refractivity contribution in [2.24, 2.45) is 4.99 Å². The second kappa shape index (κ2) is 11.0. The molecule has 3 rings (SSSR count). The Morgan fingerprint density at radius 3 is 2.49 bits per heavy atom. The monoisotopic (exact) mass is 476 g/mol. The standard InChI is InChI=1S/C27H29FN4O3/c1-18(2)25(35-16-20-9-11-22(28)12-10-20)30-19(3)32(17-33)23-8-6-7-21(15-23)24-13-14-29-26(31-24)27(4,5)34/h6-15,17,34H,16H2,1-5H3/b30-19-. The van der Waals surface area contributed by atoms with Gasteiger partial charge in [-0.15, -0.1) is 0 Å². The van der Waals surface area contributed by atoms with Crippen LogP contribution in [-0.4, -0.2) is 27.3 Å². The zero-order chi connectivity index (χ0) is 25.6. The molecule has 1 N–H and O–H groups in total. The minimum Gasteiger partial charge on any atom is -0.473 e. The third-order valence-electron chi connectivity index (χ3n) is 5.06. The van der Waals surface area contributed by atoms with E-state index in [1.165, 1.54) is 17.0 Å². The maximum Gasteiger partial charge on any atom is 0.219 e. The summed E-state index contributed by atoms with van der Waals surface area (Å²) >= 11 is 0. The largest absolute Gasteiger partial charge is 0.473 e. The second-order valence-electron chi connectivity index (χ2n) is 8.73. The molecule has 0 saturated carbocycles. The van der Waals surface area contributed by atoms with Gasteiger partial charge < -0.3 is 9.84 Å². The molecule has 182 valence electrons. The summed E-state index contributed by atoms with van der Waals surface area (Å²) in [5, 5.41) is 10.2. The predicted molar refractivity (Wildman–Crippen MR) is 134 cm³/mol. The Labute approximate surface area is 204 Å². The van der Waals surface area contributed by atoms with Gasteiger partial charge >= 0.3 is 0 Å². The fourth-order valence-electron chi connectivity index (χ4n) is 3.17. The van der Waals surface area contributed by atoms with Crippen molar-refractivity contribution in [1.82, 2.24) is 9.97 Å². The highest BCUT2D eigenvalue weighted by Crippen LogP contribution is 2.25. The summed E-state index contributed by atoms with van der Waals surface area (Å²) in [5.74, 6) is 0.775. The molecular formula is C27H29FN4O3. The first-order valence-corrected chi connectivity index (χ1v) is 11.1.